The second kappa shape index (κ2) is 9.11. The number of hydrogen-bond acceptors (Lipinski definition) is 2. The van der Waals surface area contributed by atoms with Crippen molar-refractivity contribution < 1.29 is 8.85 Å². The fraction of sp³-hybridized carbons (Fsp3) is 0.529. The molecule has 0 spiro atoms. The molecule has 1 rings (SSSR count). The lowest BCUT2D eigenvalue weighted by Crippen LogP contribution is -2.41. The van der Waals surface area contributed by atoms with Gasteiger partial charge in [0.15, 0.2) is 0 Å². The molecule has 2 nitrogen and oxygen atoms in total. The standard InChI is InChI=1S/C17H28O2Si/c1-5-13-20(14-6-2,18-8-4)19-15-17-12-10-9-11-16(17)7-3/h7,9-12H,3,5-6,8,13-15H2,1-2,4H3. The average molecular weight is 292 g/mol. The lowest BCUT2D eigenvalue weighted by Gasteiger charge is -2.30. The molecule has 0 aromatic heterocycles. The Morgan fingerprint density at radius 1 is 1.05 bits per heavy atom. The van der Waals surface area contributed by atoms with E-state index in [2.05, 4.69) is 45.5 Å². The van der Waals surface area contributed by atoms with E-state index in [9.17, 15) is 0 Å². The van der Waals surface area contributed by atoms with E-state index in [0.29, 0.717) is 6.61 Å². The van der Waals surface area contributed by atoms with Crippen LogP contribution in [0.2, 0.25) is 12.1 Å². The highest BCUT2D eigenvalue weighted by Crippen LogP contribution is 2.25. The zero-order chi connectivity index (χ0) is 14.8. The van der Waals surface area contributed by atoms with Gasteiger partial charge in [-0.15, -0.1) is 0 Å². The number of benzene rings is 1. The van der Waals surface area contributed by atoms with Crippen LogP contribution in [-0.4, -0.2) is 15.2 Å². The molecule has 1 aromatic rings. The minimum Gasteiger partial charge on any atom is -0.394 e. The summed E-state index contributed by atoms with van der Waals surface area (Å²) < 4.78 is 12.4. The third-order valence-corrected chi connectivity index (χ3v) is 7.44. The molecule has 20 heavy (non-hydrogen) atoms. The van der Waals surface area contributed by atoms with E-state index in [1.165, 1.54) is 5.56 Å². The summed E-state index contributed by atoms with van der Waals surface area (Å²) in [5, 5.41) is 0. The Bertz CT molecular complexity index is 387. The van der Waals surface area contributed by atoms with Gasteiger partial charge >= 0.3 is 8.56 Å². The molecule has 0 saturated carbocycles. The molecular formula is C17H28O2Si. The summed E-state index contributed by atoms with van der Waals surface area (Å²) >= 11 is 0. The van der Waals surface area contributed by atoms with Crippen LogP contribution < -0.4 is 0 Å². The number of rotatable bonds is 10. The van der Waals surface area contributed by atoms with Gasteiger partial charge in [-0.25, -0.2) is 0 Å². The van der Waals surface area contributed by atoms with Crippen molar-refractivity contribution in [1.29, 1.82) is 0 Å². The highest BCUT2D eigenvalue weighted by atomic mass is 28.4. The predicted molar refractivity (Wildman–Crippen MR) is 88.9 cm³/mol. The van der Waals surface area contributed by atoms with Gasteiger partial charge in [0.05, 0.1) is 6.61 Å². The van der Waals surface area contributed by atoms with Gasteiger partial charge in [0.25, 0.3) is 0 Å². The van der Waals surface area contributed by atoms with Gasteiger partial charge in [-0.3, -0.25) is 0 Å². The Labute approximate surface area is 125 Å². The maximum Gasteiger partial charge on any atom is 0.338 e. The minimum absolute atomic E-state index is 0.633. The first-order valence-corrected chi connectivity index (χ1v) is 9.92. The van der Waals surface area contributed by atoms with E-state index in [4.69, 9.17) is 8.85 Å². The smallest absolute Gasteiger partial charge is 0.338 e. The molecule has 0 bridgehead atoms. The number of hydrogen-bond donors (Lipinski definition) is 0. The van der Waals surface area contributed by atoms with Crippen LogP contribution in [0.1, 0.15) is 44.7 Å². The van der Waals surface area contributed by atoms with Crippen LogP contribution in [0, 0.1) is 0 Å². The van der Waals surface area contributed by atoms with Crippen LogP contribution in [0.25, 0.3) is 6.08 Å². The zero-order valence-electron chi connectivity index (χ0n) is 13.2. The van der Waals surface area contributed by atoms with Crippen LogP contribution >= 0.6 is 0 Å². The van der Waals surface area contributed by atoms with E-state index in [-0.39, 0.29) is 0 Å². The molecule has 0 aliphatic heterocycles. The van der Waals surface area contributed by atoms with Crippen molar-refractivity contribution in [3.05, 3.63) is 42.0 Å². The van der Waals surface area contributed by atoms with Gasteiger partial charge in [-0.05, 0) is 30.1 Å². The summed E-state index contributed by atoms with van der Waals surface area (Å²) in [7, 11) is -2.05. The molecular weight excluding hydrogens is 264 g/mol. The summed E-state index contributed by atoms with van der Waals surface area (Å²) in [5.41, 5.74) is 2.35. The van der Waals surface area contributed by atoms with E-state index < -0.39 is 8.56 Å². The molecule has 1 aromatic carbocycles. The quantitative estimate of drug-likeness (QED) is 0.556. The van der Waals surface area contributed by atoms with Crippen molar-refractivity contribution >= 4 is 14.6 Å². The summed E-state index contributed by atoms with van der Waals surface area (Å²) in [4.78, 5) is 0. The molecule has 0 fully saturated rings. The average Bonchev–Trinajstić information content (AvgIpc) is 2.46. The van der Waals surface area contributed by atoms with Gasteiger partial charge in [0.1, 0.15) is 0 Å². The van der Waals surface area contributed by atoms with E-state index in [1.807, 2.05) is 12.1 Å². The summed E-state index contributed by atoms with van der Waals surface area (Å²) in [5.74, 6) is 0. The van der Waals surface area contributed by atoms with Crippen LogP contribution in [0.15, 0.2) is 30.8 Å². The summed E-state index contributed by atoms with van der Waals surface area (Å²) in [6, 6.07) is 10.4. The van der Waals surface area contributed by atoms with Crippen LogP contribution in [0.3, 0.4) is 0 Å². The van der Waals surface area contributed by atoms with Crippen LogP contribution in [-0.2, 0) is 15.5 Å². The molecule has 0 amide bonds. The first kappa shape index (κ1) is 17.1. The van der Waals surface area contributed by atoms with Crippen molar-refractivity contribution in [2.24, 2.45) is 0 Å². The molecule has 0 unspecified atom stereocenters. The third kappa shape index (κ3) is 4.89. The normalized spacial score (nSPS) is 11.6. The van der Waals surface area contributed by atoms with E-state index in [0.717, 1.165) is 37.1 Å². The Kier molecular flexibility index (Phi) is 7.81. The fourth-order valence-electron chi connectivity index (χ4n) is 2.55. The highest BCUT2D eigenvalue weighted by Gasteiger charge is 2.35. The Balaban J connectivity index is 2.81. The van der Waals surface area contributed by atoms with E-state index in [1.54, 1.807) is 0 Å². The van der Waals surface area contributed by atoms with Crippen molar-refractivity contribution in [2.45, 2.75) is 52.3 Å². The van der Waals surface area contributed by atoms with E-state index >= 15 is 0 Å². The maximum atomic E-state index is 6.35. The molecule has 0 saturated heterocycles. The van der Waals surface area contributed by atoms with Gasteiger partial charge < -0.3 is 8.85 Å². The largest absolute Gasteiger partial charge is 0.394 e. The van der Waals surface area contributed by atoms with Gasteiger partial charge in [-0.2, -0.15) is 0 Å². The molecule has 0 radical (unpaired) electrons. The molecule has 0 atom stereocenters. The fourth-order valence-corrected chi connectivity index (χ4v) is 5.93. The second-order valence-corrected chi connectivity index (χ2v) is 8.43. The van der Waals surface area contributed by atoms with Crippen molar-refractivity contribution in [1.82, 2.24) is 0 Å². The minimum atomic E-state index is -2.05. The molecule has 0 aliphatic rings. The van der Waals surface area contributed by atoms with Crippen LogP contribution in [0.4, 0.5) is 0 Å². The van der Waals surface area contributed by atoms with Crippen LogP contribution in [0.5, 0.6) is 0 Å². The van der Waals surface area contributed by atoms with Crippen molar-refractivity contribution in [2.75, 3.05) is 6.61 Å². The lowest BCUT2D eigenvalue weighted by molar-refractivity contribution is 0.165. The molecule has 0 heterocycles. The summed E-state index contributed by atoms with van der Waals surface area (Å²) in [6.07, 6.45) is 4.13. The van der Waals surface area contributed by atoms with Crippen molar-refractivity contribution in [3.63, 3.8) is 0 Å². The monoisotopic (exact) mass is 292 g/mol. The third-order valence-electron chi connectivity index (χ3n) is 3.43. The van der Waals surface area contributed by atoms with Crippen molar-refractivity contribution in [3.8, 4) is 0 Å². The predicted octanol–water partition coefficient (Wildman–Crippen LogP) is 5.14. The first-order valence-electron chi connectivity index (χ1n) is 7.69. The SMILES string of the molecule is C=Cc1ccccc1CO[Si](CCC)(CCC)OCC. The topological polar surface area (TPSA) is 18.5 Å². The second-order valence-electron chi connectivity index (χ2n) is 5.04. The Hall–Kier alpha value is -0.903. The maximum absolute atomic E-state index is 6.35. The zero-order valence-corrected chi connectivity index (χ0v) is 14.2. The van der Waals surface area contributed by atoms with Gasteiger partial charge in [0, 0.05) is 6.61 Å². The summed E-state index contributed by atoms with van der Waals surface area (Å²) in [6.45, 7) is 11.7. The molecule has 3 heteroatoms. The van der Waals surface area contributed by atoms with Gasteiger partial charge in [-0.1, -0.05) is 63.6 Å². The Morgan fingerprint density at radius 2 is 1.70 bits per heavy atom. The molecule has 0 N–H and O–H groups in total. The molecule has 112 valence electrons. The first-order chi connectivity index (χ1) is 9.71. The lowest BCUT2D eigenvalue weighted by atomic mass is 10.1. The highest BCUT2D eigenvalue weighted by molar-refractivity contribution is 6.67. The van der Waals surface area contributed by atoms with Gasteiger partial charge in [0.2, 0.25) is 0 Å². The molecule has 0 aliphatic carbocycles. The Morgan fingerprint density at radius 3 is 2.25 bits per heavy atom.